The van der Waals surface area contributed by atoms with Gasteiger partial charge in [0, 0.05) is 19.1 Å². The van der Waals surface area contributed by atoms with E-state index in [1.807, 2.05) is 6.92 Å². The maximum absolute atomic E-state index is 11.8. The van der Waals surface area contributed by atoms with Crippen LogP contribution < -0.4 is 5.32 Å². The van der Waals surface area contributed by atoms with Gasteiger partial charge in [-0.2, -0.15) is 0 Å². The van der Waals surface area contributed by atoms with Gasteiger partial charge in [0.2, 0.25) is 5.91 Å². The largest absolute Gasteiger partial charge is 0.396 e. The molecule has 0 heterocycles. The molecule has 0 saturated carbocycles. The van der Waals surface area contributed by atoms with Crippen LogP contribution in [0.2, 0.25) is 0 Å². The monoisotopic (exact) mass is 403 g/mol. The number of aliphatic hydroxyl groups excluding tert-OH is 1. The highest BCUT2D eigenvalue weighted by molar-refractivity contribution is 5.76. The molecule has 0 aliphatic carbocycles. The fraction of sp³-hybridized carbons (Fsp3) is 0.654. The number of allylic oxidation sites excluding steroid dienone is 8. The van der Waals surface area contributed by atoms with E-state index in [1.165, 1.54) is 32.1 Å². The third-order valence-corrected chi connectivity index (χ3v) is 4.68. The standard InChI is InChI=1S/C26H45NO2/c1-3-4-5-6-7-8-9-10-11-12-13-14-15-16-17-18-19-20-23-26(29)27-25(2)22-21-24-28/h8-9,11-12,14-15,17-18,25,28H,3-7,10,13,16,19-24H2,1-2H3,(H,27,29)/b9-8-,12-11-,15-14-,18-17-/t25-/m0/s1. The number of hydrogen-bond donors (Lipinski definition) is 2. The van der Waals surface area contributed by atoms with Crippen LogP contribution in [0.4, 0.5) is 0 Å². The summed E-state index contributed by atoms with van der Waals surface area (Å²) in [7, 11) is 0. The molecule has 1 amide bonds. The minimum absolute atomic E-state index is 0.113. The third kappa shape index (κ3) is 22.5. The van der Waals surface area contributed by atoms with E-state index in [2.05, 4.69) is 60.8 Å². The van der Waals surface area contributed by atoms with Crippen molar-refractivity contribution in [2.24, 2.45) is 0 Å². The van der Waals surface area contributed by atoms with Gasteiger partial charge in [0.05, 0.1) is 0 Å². The van der Waals surface area contributed by atoms with Gasteiger partial charge < -0.3 is 10.4 Å². The first-order valence-corrected chi connectivity index (χ1v) is 11.7. The molecule has 0 aromatic heterocycles. The predicted molar refractivity (Wildman–Crippen MR) is 127 cm³/mol. The first-order chi connectivity index (χ1) is 14.2. The summed E-state index contributed by atoms with van der Waals surface area (Å²) in [5, 5.41) is 11.8. The van der Waals surface area contributed by atoms with E-state index in [4.69, 9.17) is 5.11 Å². The molecule has 166 valence electrons. The van der Waals surface area contributed by atoms with Gasteiger partial charge in [-0.3, -0.25) is 4.79 Å². The smallest absolute Gasteiger partial charge is 0.220 e. The maximum atomic E-state index is 11.8. The summed E-state index contributed by atoms with van der Waals surface area (Å²) in [6.07, 6.45) is 31.3. The Labute approximate surface area is 180 Å². The first kappa shape index (κ1) is 27.4. The van der Waals surface area contributed by atoms with Crippen molar-refractivity contribution in [1.29, 1.82) is 0 Å². The molecule has 0 saturated heterocycles. The zero-order valence-electron chi connectivity index (χ0n) is 19.0. The van der Waals surface area contributed by atoms with Crippen LogP contribution in [-0.4, -0.2) is 23.7 Å². The highest BCUT2D eigenvalue weighted by Gasteiger charge is 2.05. The van der Waals surface area contributed by atoms with E-state index in [0.29, 0.717) is 6.42 Å². The van der Waals surface area contributed by atoms with Crippen LogP contribution in [0.15, 0.2) is 48.6 Å². The van der Waals surface area contributed by atoms with Crippen molar-refractivity contribution in [3.63, 3.8) is 0 Å². The number of unbranched alkanes of at least 4 members (excludes halogenated alkanes) is 5. The molecule has 1 atom stereocenters. The SMILES string of the molecule is CCCCCC/C=C\C/C=C\C/C=C\C/C=C\CCCC(=O)N[C@@H](C)CCCO. The molecule has 0 bridgehead atoms. The Morgan fingerprint density at radius 1 is 0.793 bits per heavy atom. The van der Waals surface area contributed by atoms with Gasteiger partial charge in [-0.15, -0.1) is 0 Å². The van der Waals surface area contributed by atoms with Crippen molar-refractivity contribution >= 4 is 5.91 Å². The molecule has 0 aromatic carbocycles. The second kappa shape index (κ2) is 22.7. The quantitative estimate of drug-likeness (QED) is 0.184. The molecular formula is C26H45NO2. The summed E-state index contributed by atoms with van der Waals surface area (Å²) in [5.74, 6) is 0.113. The second-order valence-corrected chi connectivity index (χ2v) is 7.67. The molecular weight excluding hydrogens is 358 g/mol. The summed E-state index contributed by atoms with van der Waals surface area (Å²) in [4.78, 5) is 11.8. The van der Waals surface area contributed by atoms with Crippen LogP contribution in [0.25, 0.3) is 0 Å². The van der Waals surface area contributed by atoms with Gasteiger partial charge in [0.25, 0.3) is 0 Å². The lowest BCUT2D eigenvalue weighted by Gasteiger charge is -2.12. The van der Waals surface area contributed by atoms with Crippen molar-refractivity contribution in [3.05, 3.63) is 48.6 Å². The molecule has 0 aliphatic rings. The van der Waals surface area contributed by atoms with Crippen LogP contribution in [0.3, 0.4) is 0 Å². The molecule has 3 nitrogen and oxygen atoms in total. The van der Waals surface area contributed by atoms with E-state index in [1.54, 1.807) is 0 Å². The number of carbonyl (C=O) groups excluding carboxylic acids is 1. The van der Waals surface area contributed by atoms with Gasteiger partial charge in [0.1, 0.15) is 0 Å². The van der Waals surface area contributed by atoms with E-state index in [9.17, 15) is 4.79 Å². The summed E-state index contributed by atoms with van der Waals surface area (Å²) >= 11 is 0. The number of aliphatic hydroxyl groups is 1. The van der Waals surface area contributed by atoms with Crippen molar-refractivity contribution in [1.82, 2.24) is 5.32 Å². The van der Waals surface area contributed by atoms with Crippen molar-refractivity contribution < 1.29 is 9.90 Å². The lowest BCUT2D eigenvalue weighted by atomic mass is 10.1. The molecule has 0 radical (unpaired) electrons. The molecule has 0 aromatic rings. The van der Waals surface area contributed by atoms with Gasteiger partial charge in [-0.05, 0) is 64.7 Å². The Kier molecular flexibility index (Phi) is 21.4. The van der Waals surface area contributed by atoms with Gasteiger partial charge in [-0.1, -0.05) is 74.8 Å². The van der Waals surface area contributed by atoms with E-state index in [0.717, 1.165) is 44.9 Å². The van der Waals surface area contributed by atoms with Crippen LogP contribution in [-0.2, 0) is 4.79 Å². The van der Waals surface area contributed by atoms with Crippen molar-refractivity contribution in [2.75, 3.05) is 6.61 Å². The number of amides is 1. The van der Waals surface area contributed by atoms with Crippen LogP contribution in [0, 0.1) is 0 Å². The summed E-state index contributed by atoms with van der Waals surface area (Å²) < 4.78 is 0. The molecule has 3 heteroatoms. The van der Waals surface area contributed by atoms with Crippen molar-refractivity contribution in [2.45, 2.75) is 103 Å². The Bertz CT molecular complexity index is 477. The van der Waals surface area contributed by atoms with Crippen molar-refractivity contribution in [3.8, 4) is 0 Å². The van der Waals surface area contributed by atoms with E-state index in [-0.39, 0.29) is 18.6 Å². The summed E-state index contributed by atoms with van der Waals surface area (Å²) in [5.41, 5.74) is 0. The van der Waals surface area contributed by atoms with Gasteiger partial charge >= 0.3 is 0 Å². The lowest BCUT2D eigenvalue weighted by Crippen LogP contribution is -2.32. The second-order valence-electron chi connectivity index (χ2n) is 7.67. The number of carbonyl (C=O) groups is 1. The van der Waals surface area contributed by atoms with Crippen LogP contribution in [0.1, 0.15) is 97.3 Å². The van der Waals surface area contributed by atoms with E-state index >= 15 is 0 Å². The minimum Gasteiger partial charge on any atom is -0.396 e. The minimum atomic E-state index is 0.113. The number of hydrogen-bond acceptors (Lipinski definition) is 2. The Morgan fingerprint density at radius 2 is 1.34 bits per heavy atom. The van der Waals surface area contributed by atoms with E-state index < -0.39 is 0 Å². The molecule has 0 rings (SSSR count). The molecule has 0 fully saturated rings. The van der Waals surface area contributed by atoms with Crippen LogP contribution >= 0.6 is 0 Å². The topological polar surface area (TPSA) is 49.3 Å². The van der Waals surface area contributed by atoms with Gasteiger partial charge in [-0.25, -0.2) is 0 Å². The predicted octanol–water partition coefficient (Wildman–Crippen LogP) is 6.80. The summed E-state index contributed by atoms with van der Waals surface area (Å²) in [6.45, 7) is 4.42. The lowest BCUT2D eigenvalue weighted by molar-refractivity contribution is -0.121. The first-order valence-electron chi connectivity index (χ1n) is 11.7. The average molecular weight is 404 g/mol. The normalized spacial score (nSPS) is 13.3. The Morgan fingerprint density at radius 3 is 1.90 bits per heavy atom. The summed E-state index contributed by atoms with van der Waals surface area (Å²) in [6, 6.07) is 0.149. The fourth-order valence-electron chi connectivity index (χ4n) is 2.93. The molecule has 29 heavy (non-hydrogen) atoms. The Balaban J connectivity index is 3.52. The zero-order chi connectivity index (χ0) is 21.4. The third-order valence-electron chi connectivity index (χ3n) is 4.68. The number of nitrogens with one attached hydrogen (secondary N) is 1. The molecule has 0 aliphatic heterocycles. The highest BCUT2D eigenvalue weighted by Crippen LogP contribution is 2.04. The zero-order valence-corrected chi connectivity index (χ0v) is 19.0. The maximum Gasteiger partial charge on any atom is 0.220 e. The molecule has 2 N–H and O–H groups in total. The van der Waals surface area contributed by atoms with Gasteiger partial charge in [0.15, 0.2) is 0 Å². The number of rotatable bonds is 19. The molecule has 0 spiro atoms. The fourth-order valence-corrected chi connectivity index (χ4v) is 2.93. The van der Waals surface area contributed by atoms with Crippen LogP contribution in [0.5, 0.6) is 0 Å². The highest BCUT2D eigenvalue weighted by atomic mass is 16.3. The average Bonchev–Trinajstić information content (AvgIpc) is 2.71. The molecule has 0 unspecified atom stereocenters. The Hall–Kier alpha value is -1.61.